The quantitative estimate of drug-likeness (QED) is 0.745. The predicted molar refractivity (Wildman–Crippen MR) is 62.4 cm³/mol. The lowest BCUT2D eigenvalue weighted by molar-refractivity contribution is -0.107. The van der Waals surface area contributed by atoms with Crippen molar-refractivity contribution in [2.24, 2.45) is 0 Å². The molecule has 0 amide bonds. The molecule has 0 radical (unpaired) electrons. The van der Waals surface area contributed by atoms with Gasteiger partial charge in [-0.05, 0) is 19.1 Å². The van der Waals surface area contributed by atoms with Crippen LogP contribution < -0.4 is 4.74 Å². The van der Waals surface area contributed by atoms with Crippen molar-refractivity contribution in [3.63, 3.8) is 0 Å². The van der Waals surface area contributed by atoms with Crippen molar-refractivity contribution in [1.82, 2.24) is 14.5 Å². The van der Waals surface area contributed by atoms with Crippen molar-refractivity contribution in [3.8, 4) is 11.6 Å². The maximum atomic E-state index is 10.4. The molecule has 0 saturated carbocycles. The lowest BCUT2D eigenvalue weighted by Crippen LogP contribution is -2.01. The fourth-order valence-electron chi connectivity index (χ4n) is 1.57. The SMILES string of the molecule is COc1nc(CC=O)ccc1-n1cnc(C)c1. The van der Waals surface area contributed by atoms with E-state index in [1.165, 1.54) is 0 Å². The molecule has 88 valence electrons. The Morgan fingerprint density at radius 2 is 2.29 bits per heavy atom. The molecule has 0 N–H and O–H groups in total. The summed E-state index contributed by atoms with van der Waals surface area (Å²) in [5.41, 5.74) is 2.42. The van der Waals surface area contributed by atoms with E-state index in [4.69, 9.17) is 4.74 Å². The molecule has 0 bridgehead atoms. The third-order valence-electron chi connectivity index (χ3n) is 2.37. The highest BCUT2D eigenvalue weighted by Crippen LogP contribution is 2.20. The van der Waals surface area contributed by atoms with Crippen LogP contribution in [0.4, 0.5) is 0 Å². The van der Waals surface area contributed by atoms with Crippen molar-refractivity contribution in [2.75, 3.05) is 7.11 Å². The Bertz CT molecular complexity index is 534. The van der Waals surface area contributed by atoms with E-state index in [2.05, 4.69) is 9.97 Å². The number of hydrogen-bond acceptors (Lipinski definition) is 4. The van der Waals surface area contributed by atoms with Gasteiger partial charge in [-0.15, -0.1) is 0 Å². The van der Waals surface area contributed by atoms with E-state index < -0.39 is 0 Å². The molecule has 2 aromatic heterocycles. The van der Waals surface area contributed by atoms with Gasteiger partial charge >= 0.3 is 0 Å². The van der Waals surface area contributed by atoms with E-state index >= 15 is 0 Å². The number of imidazole rings is 1. The monoisotopic (exact) mass is 231 g/mol. The fraction of sp³-hybridized carbons (Fsp3) is 0.250. The Kier molecular flexibility index (Phi) is 3.18. The third-order valence-corrected chi connectivity index (χ3v) is 2.37. The van der Waals surface area contributed by atoms with Gasteiger partial charge in [0, 0.05) is 12.6 Å². The highest BCUT2D eigenvalue weighted by molar-refractivity contribution is 5.55. The minimum absolute atomic E-state index is 0.291. The predicted octanol–water partition coefficient (Wildman–Crippen LogP) is 1.33. The van der Waals surface area contributed by atoms with Gasteiger partial charge < -0.3 is 14.1 Å². The summed E-state index contributed by atoms with van der Waals surface area (Å²) in [6, 6.07) is 3.67. The van der Waals surface area contributed by atoms with Crippen LogP contribution in [-0.4, -0.2) is 27.9 Å². The van der Waals surface area contributed by atoms with Crippen LogP contribution in [0.3, 0.4) is 0 Å². The molecule has 5 nitrogen and oxygen atoms in total. The van der Waals surface area contributed by atoms with Crippen LogP contribution in [-0.2, 0) is 11.2 Å². The van der Waals surface area contributed by atoms with Gasteiger partial charge in [-0.3, -0.25) is 0 Å². The molecule has 0 aromatic carbocycles. The minimum Gasteiger partial charge on any atom is -0.479 e. The van der Waals surface area contributed by atoms with E-state index in [9.17, 15) is 4.79 Å². The highest BCUT2D eigenvalue weighted by Gasteiger charge is 2.08. The molecule has 5 heteroatoms. The summed E-state index contributed by atoms with van der Waals surface area (Å²) < 4.78 is 7.06. The van der Waals surface area contributed by atoms with Gasteiger partial charge in [0.1, 0.15) is 12.0 Å². The second kappa shape index (κ2) is 4.78. The summed E-state index contributed by atoms with van der Waals surface area (Å²) in [7, 11) is 1.56. The molecule has 0 fully saturated rings. The van der Waals surface area contributed by atoms with Crippen molar-refractivity contribution in [3.05, 3.63) is 36.0 Å². The summed E-state index contributed by atoms with van der Waals surface area (Å²) in [5, 5.41) is 0. The van der Waals surface area contributed by atoms with Crippen LogP contribution >= 0.6 is 0 Å². The number of aldehydes is 1. The van der Waals surface area contributed by atoms with Crippen molar-refractivity contribution in [2.45, 2.75) is 13.3 Å². The lowest BCUT2D eigenvalue weighted by Gasteiger charge is -2.08. The van der Waals surface area contributed by atoms with E-state index in [1.54, 1.807) is 13.4 Å². The lowest BCUT2D eigenvalue weighted by atomic mass is 10.2. The number of nitrogens with zero attached hydrogens (tertiary/aromatic N) is 3. The minimum atomic E-state index is 0.291. The molecule has 0 saturated heterocycles. The van der Waals surface area contributed by atoms with Crippen LogP contribution in [0, 0.1) is 6.92 Å². The molecule has 0 aliphatic rings. The molecule has 0 aliphatic carbocycles. The van der Waals surface area contributed by atoms with Crippen LogP contribution in [0.5, 0.6) is 5.88 Å². The average Bonchev–Trinajstić information content (AvgIpc) is 2.76. The van der Waals surface area contributed by atoms with Gasteiger partial charge in [-0.1, -0.05) is 0 Å². The summed E-state index contributed by atoms with van der Waals surface area (Å²) in [5.74, 6) is 0.488. The number of carbonyl (C=O) groups is 1. The van der Waals surface area contributed by atoms with Gasteiger partial charge in [0.25, 0.3) is 0 Å². The zero-order valence-corrected chi connectivity index (χ0v) is 9.75. The van der Waals surface area contributed by atoms with Crippen molar-refractivity contribution < 1.29 is 9.53 Å². The standard InChI is InChI=1S/C12H13N3O2/c1-9-7-15(8-13-9)11-4-3-10(5-6-16)14-12(11)17-2/h3-4,6-8H,5H2,1-2H3. The van der Waals surface area contributed by atoms with E-state index in [0.717, 1.165) is 17.7 Å². The molecule has 0 aliphatic heterocycles. The first-order valence-electron chi connectivity index (χ1n) is 5.23. The number of hydrogen-bond donors (Lipinski definition) is 0. The second-order valence-corrected chi connectivity index (χ2v) is 3.62. The second-order valence-electron chi connectivity index (χ2n) is 3.62. The Balaban J connectivity index is 2.43. The van der Waals surface area contributed by atoms with Crippen LogP contribution in [0.15, 0.2) is 24.7 Å². The van der Waals surface area contributed by atoms with Gasteiger partial charge in [-0.2, -0.15) is 0 Å². The van der Waals surface area contributed by atoms with Crippen LogP contribution in [0.25, 0.3) is 5.69 Å². The van der Waals surface area contributed by atoms with Gasteiger partial charge in [0.05, 0.1) is 24.8 Å². The molecule has 2 rings (SSSR count). The molecule has 0 unspecified atom stereocenters. The number of pyridine rings is 1. The molecular formula is C12H13N3O2. The fourth-order valence-corrected chi connectivity index (χ4v) is 1.57. The van der Waals surface area contributed by atoms with Crippen LogP contribution in [0.2, 0.25) is 0 Å². The summed E-state index contributed by atoms with van der Waals surface area (Å²) in [6.45, 7) is 1.91. The number of aryl methyl sites for hydroxylation is 1. The normalized spacial score (nSPS) is 10.2. The molecule has 2 aromatic rings. The van der Waals surface area contributed by atoms with Gasteiger partial charge in [0.15, 0.2) is 0 Å². The van der Waals surface area contributed by atoms with Crippen molar-refractivity contribution in [1.29, 1.82) is 0 Å². The average molecular weight is 231 g/mol. The zero-order chi connectivity index (χ0) is 12.3. The van der Waals surface area contributed by atoms with E-state index in [-0.39, 0.29) is 0 Å². The first-order valence-corrected chi connectivity index (χ1v) is 5.23. The number of aromatic nitrogens is 3. The first kappa shape index (κ1) is 11.3. The van der Waals surface area contributed by atoms with Crippen LogP contribution in [0.1, 0.15) is 11.4 Å². The Hall–Kier alpha value is -2.17. The van der Waals surface area contributed by atoms with E-state index in [1.807, 2.05) is 29.8 Å². The van der Waals surface area contributed by atoms with E-state index in [0.29, 0.717) is 18.0 Å². The molecular weight excluding hydrogens is 218 g/mol. The molecule has 2 heterocycles. The number of rotatable bonds is 4. The number of ether oxygens (including phenoxy) is 1. The molecule has 0 spiro atoms. The Morgan fingerprint density at radius 3 is 2.88 bits per heavy atom. The highest BCUT2D eigenvalue weighted by atomic mass is 16.5. The zero-order valence-electron chi connectivity index (χ0n) is 9.75. The third kappa shape index (κ3) is 2.33. The Morgan fingerprint density at radius 1 is 1.47 bits per heavy atom. The van der Waals surface area contributed by atoms with Gasteiger partial charge in [-0.25, -0.2) is 9.97 Å². The topological polar surface area (TPSA) is 57.0 Å². The number of carbonyl (C=O) groups excluding carboxylic acids is 1. The van der Waals surface area contributed by atoms with Crippen molar-refractivity contribution >= 4 is 6.29 Å². The molecule has 0 atom stereocenters. The maximum absolute atomic E-state index is 10.4. The smallest absolute Gasteiger partial charge is 0.238 e. The number of methoxy groups -OCH3 is 1. The maximum Gasteiger partial charge on any atom is 0.238 e. The summed E-state index contributed by atoms with van der Waals surface area (Å²) in [6.07, 6.45) is 4.70. The summed E-state index contributed by atoms with van der Waals surface area (Å²) in [4.78, 5) is 18.9. The Labute approximate surface area is 99.1 Å². The molecule has 17 heavy (non-hydrogen) atoms. The first-order chi connectivity index (χ1) is 8.24. The summed E-state index contributed by atoms with van der Waals surface area (Å²) >= 11 is 0. The van der Waals surface area contributed by atoms with Gasteiger partial charge in [0.2, 0.25) is 5.88 Å². The largest absolute Gasteiger partial charge is 0.479 e.